The number of fused-ring (bicyclic) bond motifs is 1. The van der Waals surface area contributed by atoms with Crippen molar-refractivity contribution < 1.29 is 27.5 Å². The van der Waals surface area contributed by atoms with Gasteiger partial charge < -0.3 is 18.9 Å². The highest BCUT2D eigenvalue weighted by Gasteiger charge is 2.31. The monoisotopic (exact) mass is 436 g/mol. The molecule has 4 aromatic rings. The summed E-state index contributed by atoms with van der Waals surface area (Å²) >= 11 is 0. The highest BCUT2D eigenvalue weighted by atomic mass is 19.4. The molecule has 162 valence electrons. The van der Waals surface area contributed by atoms with Crippen molar-refractivity contribution in [3.63, 3.8) is 0 Å². The highest BCUT2D eigenvalue weighted by Crippen LogP contribution is 2.26. The molecule has 3 aromatic heterocycles. The topological polar surface area (TPSA) is 121 Å². The molecule has 1 unspecified atom stereocenters. The molecule has 13 heteroatoms. The van der Waals surface area contributed by atoms with Crippen molar-refractivity contribution in [1.82, 2.24) is 29.2 Å². The van der Waals surface area contributed by atoms with Crippen molar-refractivity contribution in [2.24, 2.45) is 7.05 Å². The van der Waals surface area contributed by atoms with Gasteiger partial charge in [0.15, 0.2) is 17.0 Å². The predicted molar refractivity (Wildman–Crippen MR) is 98.0 cm³/mol. The maximum atomic E-state index is 12.6. The lowest BCUT2D eigenvalue weighted by atomic mass is 10.1. The van der Waals surface area contributed by atoms with Crippen LogP contribution in [0.25, 0.3) is 11.2 Å². The Hall–Kier alpha value is -3.74. The van der Waals surface area contributed by atoms with Crippen LogP contribution in [0, 0.1) is 0 Å². The maximum absolute atomic E-state index is 12.6. The van der Waals surface area contributed by atoms with E-state index < -0.39 is 18.2 Å². The summed E-state index contributed by atoms with van der Waals surface area (Å²) in [6.07, 6.45) is -3.37. The average molecular weight is 436 g/mol. The number of aromatic nitrogens is 6. The first-order valence-corrected chi connectivity index (χ1v) is 8.91. The van der Waals surface area contributed by atoms with Crippen LogP contribution < -0.4 is 10.3 Å². The van der Waals surface area contributed by atoms with Gasteiger partial charge >= 0.3 is 6.36 Å². The number of halogens is 3. The van der Waals surface area contributed by atoms with E-state index in [0.717, 1.165) is 12.1 Å². The maximum Gasteiger partial charge on any atom is 0.573 e. The molecule has 0 aliphatic carbocycles. The third-order valence-electron chi connectivity index (χ3n) is 4.37. The number of hydrogen-bond acceptors (Lipinski definition) is 8. The van der Waals surface area contributed by atoms with Crippen LogP contribution in [0.5, 0.6) is 5.75 Å². The number of rotatable bonds is 6. The van der Waals surface area contributed by atoms with Gasteiger partial charge in [0.1, 0.15) is 18.6 Å². The Bertz CT molecular complexity index is 1280. The molecule has 0 saturated heterocycles. The minimum atomic E-state index is -4.84. The van der Waals surface area contributed by atoms with Gasteiger partial charge in [-0.15, -0.1) is 13.2 Å². The molecule has 0 aliphatic rings. The van der Waals surface area contributed by atoms with Crippen LogP contribution in [0.4, 0.5) is 13.2 Å². The number of benzene rings is 1. The van der Waals surface area contributed by atoms with E-state index >= 15 is 0 Å². The Balaban J connectivity index is 1.47. The van der Waals surface area contributed by atoms with E-state index in [-0.39, 0.29) is 35.8 Å². The van der Waals surface area contributed by atoms with Crippen LogP contribution in [0.2, 0.25) is 0 Å². The van der Waals surface area contributed by atoms with E-state index in [1.807, 2.05) is 0 Å². The molecule has 1 aromatic carbocycles. The van der Waals surface area contributed by atoms with Crippen LogP contribution >= 0.6 is 0 Å². The summed E-state index contributed by atoms with van der Waals surface area (Å²) in [6, 6.07) is 4.98. The zero-order valence-electron chi connectivity index (χ0n) is 15.9. The molecule has 1 N–H and O–H groups in total. The fourth-order valence-electron chi connectivity index (χ4n) is 2.98. The average Bonchev–Trinajstić information content (AvgIpc) is 3.29. The highest BCUT2D eigenvalue weighted by molar-refractivity contribution is 5.68. The molecule has 0 radical (unpaired) electrons. The summed E-state index contributed by atoms with van der Waals surface area (Å²) in [6.45, 7) is -0.0506. The number of aryl methyl sites for hydroxylation is 1. The number of aliphatic hydroxyl groups is 1. The van der Waals surface area contributed by atoms with Crippen molar-refractivity contribution >= 4 is 11.2 Å². The van der Waals surface area contributed by atoms with E-state index in [1.54, 1.807) is 11.6 Å². The summed E-state index contributed by atoms with van der Waals surface area (Å²) in [5, 5.41) is 14.1. The third kappa shape index (κ3) is 4.55. The van der Waals surface area contributed by atoms with Gasteiger partial charge in [-0.25, -0.2) is 9.97 Å². The van der Waals surface area contributed by atoms with Crippen molar-refractivity contribution in [1.29, 1.82) is 0 Å². The Morgan fingerprint density at radius 1 is 1.26 bits per heavy atom. The number of nitrogens with zero attached hydrogens (tertiary/aromatic N) is 6. The number of alkyl halides is 3. The first-order chi connectivity index (χ1) is 14.7. The fraction of sp³-hybridized carbons (Fsp3) is 0.278. The van der Waals surface area contributed by atoms with Crippen LogP contribution in [0.1, 0.15) is 23.4 Å². The summed E-state index contributed by atoms with van der Waals surface area (Å²) in [5.74, 6) is -0.232. The molecule has 0 spiro atoms. The van der Waals surface area contributed by atoms with E-state index in [1.165, 1.54) is 29.4 Å². The van der Waals surface area contributed by atoms with Gasteiger partial charge in [-0.1, -0.05) is 17.3 Å². The third-order valence-corrected chi connectivity index (χ3v) is 4.37. The summed E-state index contributed by atoms with van der Waals surface area (Å²) in [4.78, 5) is 24.8. The van der Waals surface area contributed by atoms with Crippen LogP contribution in [-0.2, 0) is 20.0 Å². The first kappa shape index (κ1) is 20.5. The van der Waals surface area contributed by atoms with Crippen LogP contribution in [0.3, 0.4) is 0 Å². The number of aliphatic hydroxyl groups excluding tert-OH is 1. The van der Waals surface area contributed by atoms with Crippen molar-refractivity contribution in [3.05, 3.63) is 64.6 Å². The van der Waals surface area contributed by atoms with E-state index in [0.29, 0.717) is 11.2 Å². The van der Waals surface area contributed by atoms with Crippen molar-refractivity contribution in [2.75, 3.05) is 0 Å². The van der Waals surface area contributed by atoms with Gasteiger partial charge in [0.2, 0.25) is 5.89 Å². The second-order valence-electron chi connectivity index (χ2n) is 6.65. The molecule has 4 rings (SSSR count). The van der Waals surface area contributed by atoms with Gasteiger partial charge in [0.05, 0.1) is 12.4 Å². The van der Waals surface area contributed by atoms with Gasteiger partial charge in [-0.2, -0.15) is 4.98 Å². The lowest BCUT2D eigenvalue weighted by molar-refractivity contribution is -0.274. The molecule has 1 atom stereocenters. The zero-order valence-corrected chi connectivity index (χ0v) is 15.9. The van der Waals surface area contributed by atoms with Crippen LogP contribution in [0.15, 0.2) is 46.2 Å². The van der Waals surface area contributed by atoms with E-state index in [4.69, 9.17) is 4.52 Å². The standard InChI is InChI=1S/C18H15F3N6O4/c1-26-8-22-16-15(26)17(29)27(9-23-16)7-14-24-13(25-31-14)6-12(28)10-3-2-4-11(5-10)30-18(19,20)21/h2-5,8-9,12,28H,6-7H2,1H3. The predicted octanol–water partition coefficient (Wildman–Crippen LogP) is 1.74. The molecular formula is C18H15F3N6O4. The second kappa shape index (κ2) is 7.83. The Morgan fingerprint density at radius 3 is 2.81 bits per heavy atom. The van der Waals surface area contributed by atoms with Gasteiger partial charge in [0, 0.05) is 13.5 Å². The van der Waals surface area contributed by atoms with E-state index in [2.05, 4.69) is 24.8 Å². The molecular weight excluding hydrogens is 421 g/mol. The first-order valence-electron chi connectivity index (χ1n) is 8.91. The molecule has 0 bridgehead atoms. The molecule has 31 heavy (non-hydrogen) atoms. The van der Waals surface area contributed by atoms with Gasteiger partial charge in [0.25, 0.3) is 5.56 Å². The lowest BCUT2D eigenvalue weighted by Crippen LogP contribution is -2.22. The smallest absolute Gasteiger partial charge is 0.406 e. The SMILES string of the molecule is Cn1cnc2ncn(Cc3nc(CC(O)c4cccc(OC(F)(F)F)c4)no3)c(=O)c21. The normalized spacial score (nSPS) is 12.9. The molecule has 0 aliphatic heterocycles. The number of hydrogen-bond donors (Lipinski definition) is 1. The Labute approximate surface area is 171 Å². The van der Waals surface area contributed by atoms with Gasteiger partial charge in [-0.3, -0.25) is 9.36 Å². The molecule has 0 amide bonds. The van der Waals surface area contributed by atoms with Crippen LogP contribution in [-0.4, -0.2) is 40.7 Å². The van der Waals surface area contributed by atoms with Crippen molar-refractivity contribution in [2.45, 2.75) is 25.4 Å². The fourth-order valence-corrected chi connectivity index (χ4v) is 2.98. The van der Waals surface area contributed by atoms with Crippen molar-refractivity contribution in [3.8, 4) is 5.75 Å². The number of ether oxygens (including phenoxy) is 1. The summed E-state index contributed by atoms with van der Waals surface area (Å²) < 4.78 is 48.9. The minimum Gasteiger partial charge on any atom is -0.406 e. The zero-order chi connectivity index (χ0) is 22.2. The molecule has 3 heterocycles. The second-order valence-corrected chi connectivity index (χ2v) is 6.65. The Morgan fingerprint density at radius 2 is 2.03 bits per heavy atom. The molecule has 0 saturated carbocycles. The molecule has 0 fully saturated rings. The summed E-state index contributed by atoms with van der Waals surface area (Å²) in [7, 11) is 1.67. The summed E-state index contributed by atoms with van der Waals surface area (Å²) in [5.41, 5.74) is 0.481. The van der Waals surface area contributed by atoms with E-state index in [9.17, 15) is 23.1 Å². The molecule has 10 nitrogen and oxygen atoms in total. The lowest BCUT2D eigenvalue weighted by Gasteiger charge is -2.12. The van der Waals surface area contributed by atoms with Gasteiger partial charge in [-0.05, 0) is 17.7 Å². The largest absolute Gasteiger partial charge is 0.573 e. The minimum absolute atomic E-state index is 0.0506. The quantitative estimate of drug-likeness (QED) is 0.485. The number of imidazole rings is 1. The Kier molecular flexibility index (Phi) is 5.19.